The van der Waals surface area contributed by atoms with Crippen LogP contribution in [-0.2, 0) is 6.54 Å². The van der Waals surface area contributed by atoms with Crippen LogP contribution in [0.2, 0.25) is 0 Å². The summed E-state index contributed by atoms with van der Waals surface area (Å²) in [5, 5.41) is 14.6. The van der Waals surface area contributed by atoms with Crippen LogP contribution in [0.1, 0.15) is 27.6 Å². The first-order chi connectivity index (χ1) is 8.70. The van der Waals surface area contributed by atoms with E-state index in [9.17, 15) is 5.26 Å². The first-order valence-electron chi connectivity index (χ1n) is 5.93. The Kier molecular flexibility index (Phi) is 4.14. The molecule has 2 aromatic rings. The highest BCUT2D eigenvalue weighted by Crippen LogP contribution is 2.19. The fraction of sp³-hybridized carbons (Fsp3) is 0.267. The summed E-state index contributed by atoms with van der Waals surface area (Å²) in [6, 6.07) is 12.4. The van der Waals surface area contributed by atoms with Crippen molar-refractivity contribution in [2.24, 2.45) is 0 Å². The fourth-order valence-corrected chi connectivity index (χ4v) is 2.65. The lowest BCUT2D eigenvalue weighted by Gasteiger charge is -2.14. The largest absolute Gasteiger partial charge is 0.293 e. The van der Waals surface area contributed by atoms with Crippen molar-refractivity contribution in [2.75, 3.05) is 0 Å². The average Bonchev–Trinajstić information content (AvgIpc) is 2.85. The van der Waals surface area contributed by atoms with Crippen LogP contribution in [-0.4, -0.2) is 0 Å². The van der Waals surface area contributed by atoms with Crippen molar-refractivity contribution >= 4 is 11.3 Å². The van der Waals surface area contributed by atoms with Crippen molar-refractivity contribution in [1.29, 1.82) is 5.26 Å². The number of benzene rings is 1. The molecule has 0 aliphatic heterocycles. The van der Waals surface area contributed by atoms with Crippen LogP contribution in [0.15, 0.2) is 35.7 Å². The summed E-state index contributed by atoms with van der Waals surface area (Å²) in [7, 11) is 0. The van der Waals surface area contributed by atoms with Gasteiger partial charge in [-0.2, -0.15) is 5.26 Å². The quantitative estimate of drug-likeness (QED) is 0.905. The molecule has 2 nitrogen and oxygen atoms in total. The van der Waals surface area contributed by atoms with Gasteiger partial charge in [0.1, 0.15) is 6.04 Å². The highest BCUT2D eigenvalue weighted by Gasteiger charge is 2.12. The van der Waals surface area contributed by atoms with Gasteiger partial charge in [0.2, 0.25) is 0 Å². The van der Waals surface area contributed by atoms with Crippen molar-refractivity contribution < 1.29 is 0 Å². The monoisotopic (exact) mass is 256 g/mol. The van der Waals surface area contributed by atoms with Crippen LogP contribution >= 0.6 is 11.3 Å². The topological polar surface area (TPSA) is 35.8 Å². The summed E-state index contributed by atoms with van der Waals surface area (Å²) >= 11 is 1.71. The maximum absolute atomic E-state index is 9.29. The van der Waals surface area contributed by atoms with Crippen LogP contribution in [0, 0.1) is 25.2 Å². The van der Waals surface area contributed by atoms with Crippen molar-refractivity contribution in [1.82, 2.24) is 5.32 Å². The van der Waals surface area contributed by atoms with Gasteiger partial charge in [-0.25, -0.2) is 0 Å². The zero-order valence-corrected chi connectivity index (χ0v) is 11.4. The molecule has 0 saturated carbocycles. The SMILES string of the molecule is Cc1ccc(C(C#N)NCc2cccs2)c(C)c1. The minimum absolute atomic E-state index is 0.243. The third-order valence-corrected chi connectivity index (χ3v) is 3.80. The van der Waals surface area contributed by atoms with Crippen molar-refractivity contribution in [2.45, 2.75) is 26.4 Å². The minimum atomic E-state index is -0.243. The van der Waals surface area contributed by atoms with E-state index in [1.54, 1.807) is 11.3 Å². The molecule has 92 valence electrons. The van der Waals surface area contributed by atoms with Gasteiger partial charge in [-0.05, 0) is 36.4 Å². The molecule has 0 bridgehead atoms. The van der Waals surface area contributed by atoms with Crippen molar-refractivity contribution in [3.63, 3.8) is 0 Å². The molecule has 0 saturated heterocycles. The Balaban J connectivity index is 2.11. The maximum atomic E-state index is 9.29. The third kappa shape index (κ3) is 2.98. The molecule has 0 radical (unpaired) electrons. The molecular formula is C15H16N2S. The lowest BCUT2D eigenvalue weighted by Crippen LogP contribution is -2.19. The number of thiophene rings is 1. The number of aryl methyl sites for hydroxylation is 2. The maximum Gasteiger partial charge on any atom is 0.121 e. The molecule has 1 heterocycles. The molecule has 1 aromatic heterocycles. The van der Waals surface area contributed by atoms with E-state index in [0.717, 1.165) is 12.1 Å². The summed E-state index contributed by atoms with van der Waals surface area (Å²) < 4.78 is 0. The van der Waals surface area contributed by atoms with E-state index in [2.05, 4.69) is 48.8 Å². The number of hydrogen-bond acceptors (Lipinski definition) is 3. The number of nitrogens with zero attached hydrogens (tertiary/aromatic N) is 1. The summed E-state index contributed by atoms with van der Waals surface area (Å²) in [6.45, 7) is 4.86. The number of nitrogens with one attached hydrogen (secondary N) is 1. The molecule has 1 aromatic carbocycles. The summed E-state index contributed by atoms with van der Waals surface area (Å²) in [5.74, 6) is 0. The van der Waals surface area contributed by atoms with Crippen molar-refractivity contribution in [3.8, 4) is 6.07 Å². The Labute approximate surface area is 112 Å². The van der Waals surface area contributed by atoms with E-state index in [4.69, 9.17) is 0 Å². The second kappa shape index (κ2) is 5.81. The van der Waals surface area contributed by atoms with Crippen LogP contribution in [0.3, 0.4) is 0 Å². The number of hydrogen-bond donors (Lipinski definition) is 1. The molecule has 1 N–H and O–H groups in total. The molecule has 2 rings (SSSR count). The normalized spacial score (nSPS) is 12.1. The Bertz CT molecular complexity index is 552. The minimum Gasteiger partial charge on any atom is -0.293 e. The van der Waals surface area contributed by atoms with Gasteiger partial charge in [-0.15, -0.1) is 11.3 Å². The Morgan fingerprint density at radius 3 is 2.78 bits per heavy atom. The summed E-state index contributed by atoms with van der Waals surface area (Å²) in [4.78, 5) is 1.25. The highest BCUT2D eigenvalue weighted by molar-refractivity contribution is 7.09. The van der Waals surface area contributed by atoms with E-state index in [1.807, 2.05) is 12.1 Å². The fourth-order valence-electron chi connectivity index (χ4n) is 1.99. The van der Waals surface area contributed by atoms with Gasteiger partial charge in [0.05, 0.1) is 6.07 Å². The van der Waals surface area contributed by atoms with Gasteiger partial charge in [0.25, 0.3) is 0 Å². The standard InChI is InChI=1S/C15H16N2S/c1-11-5-6-14(12(2)8-11)15(9-16)17-10-13-4-3-7-18-13/h3-8,15,17H,10H2,1-2H3. The molecule has 1 unspecified atom stereocenters. The molecule has 1 atom stereocenters. The summed E-state index contributed by atoms with van der Waals surface area (Å²) in [5.41, 5.74) is 3.46. The van der Waals surface area contributed by atoms with Gasteiger partial charge < -0.3 is 0 Å². The highest BCUT2D eigenvalue weighted by atomic mass is 32.1. The molecule has 0 spiro atoms. The second-order valence-corrected chi connectivity index (χ2v) is 5.41. The van der Waals surface area contributed by atoms with Crippen LogP contribution in [0.4, 0.5) is 0 Å². The Morgan fingerprint density at radius 1 is 1.33 bits per heavy atom. The molecule has 0 fully saturated rings. The lowest BCUT2D eigenvalue weighted by atomic mass is 10.00. The predicted octanol–water partition coefficient (Wildman–Crippen LogP) is 3.72. The molecule has 18 heavy (non-hydrogen) atoms. The van der Waals surface area contributed by atoms with Gasteiger partial charge >= 0.3 is 0 Å². The van der Waals surface area contributed by atoms with Gasteiger partial charge in [0, 0.05) is 11.4 Å². The Hall–Kier alpha value is -1.63. The van der Waals surface area contributed by atoms with Crippen LogP contribution in [0.25, 0.3) is 0 Å². The number of rotatable bonds is 4. The lowest BCUT2D eigenvalue weighted by molar-refractivity contribution is 0.633. The van der Waals surface area contributed by atoms with E-state index >= 15 is 0 Å². The zero-order valence-electron chi connectivity index (χ0n) is 10.6. The smallest absolute Gasteiger partial charge is 0.121 e. The average molecular weight is 256 g/mol. The first-order valence-corrected chi connectivity index (χ1v) is 6.81. The second-order valence-electron chi connectivity index (χ2n) is 4.38. The molecular weight excluding hydrogens is 240 g/mol. The first kappa shape index (κ1) is 12.8. The predicted molar refractivity (Wildman–Crippen MR) is 75.4 cm³/mol. The van der Waals surface area contributed by atoms with Gasteiger partial charge in [0.15, 0.2) is 0 Å². The van der Waals surface area contributed by atoms with E-state index in [-0.39, 0.29) is 6.04 Å². The number of nitriles is 1. The molecule has 3 heteroatoms. The third-order valence-electron chi connectivity index (χ3n) is 2.93. The Morgan fingerprint density at radius 2 is 2.17 bits per heavy atom. The zero-order chi connectivity index (χ0) is 13.0. The molecule has 0 aliphatic rings. The van der Waals surface area contributed by atoms with E-state index in [1.165, 1.54) is 16.0 Å². The van der Waals surface area contributed by atoms with Crippen molar-refractivity contribution in [3.05, 3.63) is 57.3 Å². The van der Waals surface area contributed by atoms with Gasteiger partial charge in [-0.1, -0.05) is 29.8 Å². The molecule has 0 amide bonds. The van der Waals surface area contributed by atoms with E-state index in [0.29, 0.717) is 0 Å². The molecule has 0 aliphatic carbocycles. The van der Waals surface area contributed by atoms with Crippen LogP contribution < -0.4 is 5.32 Å². The van der Waals surface area contributed by atoms with Gasteiger partial charge in [-0.3, -0.25) is 5.32 Å². The van der Waals surface area contributed by atoms with Crippen LogP contribution in [0.5, 0.6) is 0 Å². The van der Waals surface area contributed by atoms with E-state index < -0.39 is 0 Å². The summed E-state index contributed by atoms with van der Waals surface area (Å²) in [6.07, 6.45) is 0.